The molecule has 17 heavy (non-hydrogen) atoms. The highest BCUT2D eigenvalue weighted by atomic mass is 32.2. The molecule has 0 aromatic heterocycles. The Kier molecular flexibility index (Phi) is 4.16. The number of ether oxygens (including phenoxy) is 1. The van der Waals surface area contributed by atoms with E-state index in [4.69, 9.17) is 4.74 Å². The molecule has 0 heterocycles. The van der Waals surface area contributed by atoms with E-state index in [1.165, 1.54) is 6.26 Å². The van der Waals surface area contributed by atoms with Crippen molar-refractivity contribution in [2.45, 2.75) is 24.3 Å². The molecule has 0 fully saturated rings. The molecular weight excluding hydrogens is 238 g/mol. The third-order valence-corrected chi connectivity index (χ3v) is 3.70. The molecule has 96 valence electrons. The van der Waals surface area contributed by atoms with Crippen molar-refractivity contribution in [3.05, 3.63) is 24.3 Å². The van der Waals surface area contributed by atoms with Crippen molar-refractivity contribution in [1.82, 2.24) is 0 Å². The van der Waals surface area contributed by atoms with E-state index in [0.29, 0.717) is 17.1 Å². The van der Waals surface area contributed by atoms with E-state index in [-0.39, 0.29) is 5.60 Å². The summed E-state index contributed by atoms with van der Waals surface area (Å²) in [5.41, 5.74) is 0.269. The number of hydrogen-bond donors (Lipinski definition) is 1. The summed E-state index contributed by atoms with van der Waals surface area (Å²) in [5.74, 6) is 0. The van der Waals surface area contributed by atoms with Gasteiger partial charge in [0, 0.05) is 19.9 Å². The van der Waals surface area contributed by atoms with Crippen LogP contribution in [-0.2, 0) is 14.6 Å². The van der Waals surface area contributed by atoms with Crippen LogP contribution in [0.15, 0.2) is 29.2 Å². The molecule has 0 aliphatic heterocycles. The van der Waals surface area contributed by atoms with Crippen LogP contribution >= 0.6 is 0 Å². The predicted molar refractivity (Wildman–Crippen MR) is 69.1 cm³/mol. The van der Waals surface area contributed by atoms with Crippen molar-refractivity contribution in [3.63, 3.8) is 0 Å². The number of rotatable bonds is 5. The quantitative estimate of drug-likeness (QED) is 0.875. The van der Waals surface area contributed by atoms with Gasteiger partial charge in [-0.15, -0.1) is 0 Å². The maximum atomic E-state index is 11.6. The van der Waals surface area contributed by atoms with Crippen LogP contribution < -0.4 is 5.32 Å². The summed E-state index contributed by atoms with van der Waals surface area (Å²) in [6.07, 6.45) is 1.20. The second-order valence-corrected chi connectivity index (χ2v) is 6.57. The van der Waals surface area contributed by atoms with Crippen LogP contribution in [-0.4, -0.2) is 33.9 Å². The van der Waals surface area contributed by atoms with Crippen LogP contribution in [0.2, 0.25) is 0 Å². The lowest BCUT2D eigenvalue weighted by Gasteiger charge is -2.24. The predicted octanol–water partition coefficient (Wildman–Crippen LogP) is 1.93. The average molecular weight is 257 g/mol. The van der Waals surface area contributed by atoms with E-state index in [1.807, 2.05) is 13.8 Å². The van der Waals surface area contributed by atoms with E-state index < -0.39 is 9.84 Å². The minimum Gasteiger partial charge on any atom is -0.381 e. The van der Waals surface area contributed by atoms with Gasteiger partial charge < -0.3 is 10.1 Å². The normalized spacial score (nSPS) is 12.5. The Bertz CT molecular complexity index is 480. The number of benzene rings is 1. The van der Waals surface area contributed by atoms with Gasteiger partial charge in [0.2, 0.25) is 0 Å². The summed E-state index contributed by atoms with van der Waals surface area (Å²) in [4.78, 5) is 0.312. The van der Waals surface area contributed by atoms with Crippen molar-refractivity contribution < 1.29 is 13.2 Å². The minimum absolute atomic E-state index is 0.312. The molecule has 1 N–H and O–H groups in total. The molecule has 1 rings (SSSR count). The number of sulfone groups is 1. The highest BCUT2D eigenvalue weighted by molar-refractivity contribution is 7.90. The zero-order valence-electron chi connectivity index (χ0n) is 10.6. The highest BCUT2D eigenvalue weighted by Crippen LogP contribution is 2.21. The first kappa shape index (κ1) is 14.0. The maximum absolute atomic E-state index is 11.6. The highest BCUT2D eigenvalue weighted by Gasteiger charge is 2.18. The van der Waals surface area contributed by atoms with E-state index in [0.717, 1.165) is 0 Å². The van der Waals surface area contributed by atoms with Crippen molar-refractivity contribution in [3.8, 4) is 0 Å². The summed E-state index contributed by atoms with van der Waals surface area (Å²) < 4.78 is 28.4. The molecule has 4 nitrogen and oxygen atoms in total. The van der Waals surface area contributed by atoms with Gasteiger partial charge in [-0.05, 0) is 26.0 Å². The molecule has 0 aliphatic rings. The van der Waals surface area contributed by atoms with Crippen molar-refractivity contribution in [1.29, 1.82) is 0 Å². The van der Waals surface area contributed by atoms with E-state index >= 15 is 0 Å². The van der Waals surface area contributed by atoms with Gasteiger partial charge in [-0.2, -0.15) is 0 Å². The van der Waals surface area contributed by atoms with Crippen molar-refractivity contribution >= 4 is 15.5 Å². The van der Waals surface area contributed by atoms with E-state index in [9.17, 15) is 8.42 Å². The van der Waals surface area contributed by atoms with Gasteiger partial charge in [0.15, 0.2) is 9.84 Å². The fourth-order valence-electron chi connectivity index (χ4n) is 1.32. The molecule has 0 saturated heterocycles. The Labute approximate surface area is 103 Å². The van der Waals surface area contributed by atoms with E-state index in [1.54, 1.807) is 31.4 Å². The molecule has 0 bridgehead atoms. The molecule has 0 saturated carbocycles. The number of hydrogen-bond acceptors (Lipinski definition) is 4. The Hall–Kier alpha value is -1.07. The van der Waals surface area contributed by atoms with Gasteiger partial charge in [-0.1, -0.05) is 12.1 Å². The first-order chi connectivity index (χ1) is 7.76. The van der Waals surface area contributed by atoms with Gasteiger partial charge in [0.05, 0.1) is 16.2 Å². The summed E-state index contributed by atoms with van der Waals surface area (Å²) in [6.45, 7) is 4.40. The van der Waals surface area contributed by atoms with Gasteiger partial charge in [0.25, 0.3) is 0 Å². The fourth-order valence-corrected chi connectivity index (χ4v) is 2.18. The lowest BCUT2D eigenvalue weighted by molar-refractivity contribution is 0.0343. The number of para-hydroxylation sites is 1. The molecule has 5 heteroatoms. The first-order valence-electron chi connectivity index (χ1n) is 5.34. The zero-order valence-corrected chi connectivity index (χ0v) is 11.5. The lowest BCUT2D eigenvalue weighted by Crippen LogP contribution is -2.32. The Morgan fingerprint density at radius 3 is 2.41 bits per heavy atom. The first-order valence-corrected chi connectivity index (χ1v) is 7.23. The minimum atomic E-state index is -3.21. The van der Waals surface area contributed by atoms with Crippen LogP contribution in [0.3, 0.4) is 0 Å². The van der Waals surface area contributed by atoms with Gasteiger partial charge in [0.1, 0.15) is 0 Å². The van der Waals surface area contributed by atoms with E-state index in [2.05, 4.69) is 5.32 Å². The Morgan fingerprint density at radius 1 is 1.29 bits per heavy atom. The maximum Gasteiger partial charge on any atom is 0.177 e. The third-order valence-electron chi connectivity index (χ3n) is 2.54. The second kappa shape index (κ2) is 5.06. The summed E-state index contributed by atoms with van der Waals surface area (Å²) in [6, 6.07) is 6.86. The van der Waals surface area contributed by atoms with Crippen LogP contribution in [0.1, 0.15) is 13.8 Å². The Balaban J connectivity index is 2.93. The molecule has 0 amide bonds. The third kappa shape index (κ3) is 4.02. The van der Waals surface area contributed by atoms with Crippen molar-refractivity contribution in [2.75, 3.05) is 25.2 Å². The topological polar surface area (TPSA) is 55.4 Å². The van der Waals surface area contributed by atoms with Crippen LogP contribution in [0.4, 0.5) is 5.69 Å². The SMILES string of the molecule is COC(C)(C)CNc1ccccc1S(C)(=O)=O. The largest absolute Gasteiger partial charge is 0.381 e. The van der Waals surface area contributed by atoms with Gasteiger partial charge in [-0.25, -0.2) is 8.42 Å². The Morgan fingerprint density at radius 2 is 1.88 bits per heavy atom. The molecule has 0 unspecified atom stereocenters. The summed E-state index contributed by atoms with van der Waals surface area (Å²) in [5, 5.41) is 3.11. The van der Waals surface area contributed by atoms with Crippen LogP contribution in [0.5, 0.6) is 0 Å². The zero-order chi connectivity index (χ0) is 13.1. The summed E-state index contributed by atoms with van der Waals surface area (Å²) in [7, 11) is -1.58. The lowest BCUT2D eigenvalue weighted by atomic mass is 10.1. The molecule has 0 radical (unpaired) electrons. The number of nitrogens with one attached hydrogen (secondary N) is 1. The molecule has 0 spiro atoms. The number of methoxy groups -OCH3 is 1. The molecule has 0 aliphatic carbocycles. The second-order valence-electron chi connectivity index (χ2n) is 4.59. The molecule has 1 aromatic carbocycles. The molecular formula is C12H19NO3S. The van der Waals surface area contributed by atoms with Crippen molar-refractivity contribution in [2.24, 2.45) is 0 Å². The van der Waals surface area contributed by atoms with Gasteiger partial charge >= 0.3 is 0 Å². The average Bonchev–Trinajstić information content (AvgIpc) is 2.26. The smallest absolute Gasteiger partial charge is 0.177 e. The van der Waals surface area contributed by atoms with Crippen LogP contribution in [0, 0.1) is 0 Å². The molecule has 0 atom stereocenters. The summed E-state index contributed by atoms with van der Waals surface area (Å²) >= 11 is 0. The molecule has 1 aromatic rings. The van der Waals surface area contributed by atoms with Crippen LogP contribution in [0.25, 0.3) is 0 Å². The standard InChI is InChI=1S/C12H19NO3S/c1-12(2,16-3)9-13-10-7-5-6-8-11(10)17(4,14)15/h5-8,13H,9H2,1-4H3. The number of anilines is 1. The fraction of sp³-hybridized carbons (Fsp3) is 0.500. The monoisotopic (exact) mass is 257 g/mol. The van der Waals surface area contributed by atoms with Gasteiger partial charge in [-0.3, -0.25) is 0 Å².